The van der Waals surface area contributed by atoms with E-state index in [2.05, 4.69) is 14.3 Å². The van der Waals surface area contributed by atoms with Gasteiger partial charge in [0.2, 0.25) is 0 Å². The van der Waals surface area contributed by atoms with E-state index in [1.165, 1.54) is 12.1 Å². The fraction of sp³-hybridized carbons (Fsp3) is 0.263. The molecule has 7 heteroatoms. The van der Waals surface area contributed by atoms with Crippen molar-refractivity contribution in [3.05, 3.63) is 70.9 Å². The van der Waals surface area contributed by atoms with E-state index in [0.29, 0.717) is 13.1 Å². The second-order valence-electron chi connectivity index (χ2n) is 6.34. The number of pyridine rings is 1. The lowest BCUT2D eigenvalue weighted by atomic mass is 10.1. The highest BCUT2D eigenvalue weighted by atomic mass is 35.5. The van der Waals surface area contributed by atoms with Crippen LogP contribution in [0, 0.1) is 5.82 Å². The zero-order chi connectivity index (χ0) is 18.1. The molecule has 0 radical (unpaired) electrons. The third-order valence-electron chi connectivity index (χ3n) is 4.72. The molecule has 3 heterocycles. The topological polar surface area (TPSA) is 40.9 Å². The van der Waals surface area contributed by atoms with Gasteiger partial charge in [-0.2, -0.15) is 0 Å². The molecule has 1 aliphatic heterocycles. The molecule has 0 unspecified atom stereocenters. The van der Waals surface area contributed by atoms with Crippen molar-refractivity contribution in [2.45, 2.75) is 6.54 Å². The number of fused-ring (bicyclic) bond motifs is 1. The molecule has 2 aromatic heterocycles. The Morgan fingerprint density at radius 1 is 1.12 bits per heavy atom. The largest absolute Gasteiger partial charge is 0.336 e. The number of amides is 1. The van der Waals surface area contributed by atoms with Gasteiger partial charge in [-0.15, -0.1) is 0 Å². The van der Waals surface area contributed by atoms with Crippen molar-refractivity contribution >= 4 is 23.2 Å². The predicted molar refractivity (Wildman–Crippen MR) is 97.8 cm³/mol. The first-order valence-corrected chi connectivity index (χ1v) is 8.88. The van der Waals surface area contributed by atoms with Gasteiger partial charge in [0.1, 0.15) is 11.5 Å². The highest BCUT2D eigenvalue weighted by Crippen LogP contribution is 2.22. The molecular weight excluding hydrogens is 355 g/mol. The number of rotatable bonds is 3. The predicted octanol–water partition coefficient (Wildman–Crippen LogP) is 3.08. The number of nitrogens with zero attached hydrogens (tertiary/aromatic N) is 4. The van der Waals surface area contributed by atoms with Crippen molar-refractivity contribution in [1.29, 1.82) is 0 Å². The Labute approximate surface area is 155 Å². The number of aromatic nitrogens is 2. The minimum atomic E-state index is -0.573. The molecule has 0 bridgehead atoms. The molecule has 0 N–H and O–H groups in total. The van der Waals surface area contributed by atoms with Crippen LogP contribution in [0.1, 0.15) is 16.1 Å². The second-order valence-corrected chi connectivity index (χ2v) is 6.75. The van der Waals surface area contributed by atoms with Crippen LogP contribution in [0.25, 0.3) is 5.65 Å². The molecule has 1 aromatic carbocycles. The van der Waals surface area contributed by atoms with Gasteiger partial charge in [0.15, 0.2) is 0 Å². The third-order valence-corrected chi connectivity index (χ3v) is 5.03. The molecule has 1 aliphatic rings. The van der Waals surface area contributed by atoms with Crippen molar-refractivity contribution in [1.82, 2.24) is 19.2 Å². The summed E-state index contributed by atoms with van der Waals surface area (Å²) in [4.78, 5) is 20.9. The lowest BCUT2D eigenvalue weighted by Crippen LogP contribution is -2.48. The molecule has 0 atom stereocenters. The summed E-state index contributed by atoms with van der Waals surface area (Å²) in [5.74, 6) is -0.918. The third kappa shape index (κ3) is 3.18. The maximum Gasteiger partial charge on any atom is 0.258 e. The SMILES string of the molecule is O=C(c1c(F)cccc1Cl)N1CCN(Cc2cnc3ccccn23)CC1. The summed E-state index contributed by atoms with van der Waals surface area (Å²) >= 11 is 6.01. The van der Waals surface area contributed by atoms with Crippen LogP contribution in [0.4, 0.5) is 4.39 Å². The molecule has 0 aliphatic carbocycles. The highest BCUT2D eigenvalue weighted by molar-refractivity contribution is 6.33. The van der Waals surface area contributed by atoms with Gasteiger partial charge < -0.3 is 9.30 Å². The maximum absolute atomic E-state index is 14.0. The summed E-state index contributed by atoms with van der Waals surface area (Å²) in [6.07, 6.45) is 3.88. The monoisotopic (exact) mass is 372 g/mol. The van der Waals surface area contributed by atoms with Crippen LogP contribution >= 0.6 is 11.6 Å². The van der Waals surface area contributed by atoms with Crippen molar-refractivity contribution in [2.75, 3.05) is 26.2 Å². The number of halogens is 2. The Hall–Kier alpha value is -2.44. The minimum Gasteiger partial charge on any atom is -0.336 e. The van der Waals surface area contributed by atoms with Crippen LogP contribution in [0.2, 0.25) is 5.02 Å². The average molecular weight is 373 g/mol. The fourth-order valence-electron chi connectivity index (χ4n) is 3.30. The zero-order valence-corrected chi connectivity index (χ0v) is 14.9. The van der Waals surface area contributed by atoms with Gasteiger partial charge in [0.25, 0.3) is 5.91 Å². The zero-order valence-electron chi connectivity index (χ0n) is 14.1. The van der Waals surface area contributed by atoms with E-state index < -0.39 is 5.82 Å². The van der Waals surface area contributed by atoms with Gasteiger partial charge in [0, 0.05) is 38.9 Å². The molecular formula is C19H18ClFN4O. The molecule has 1 amide bonds. The normalized spacial score (nSPS) is 15.5. The summed E-state index contributed by atoms with van der Waals surface area (Å²) in [5, 5.41) is 0.156. The molecule has 5 nitrogen and oxygen atoms in total. The van der Waals surface area contributed by atoms with Crippen LogP contribution in [-0.2, 0) is 6.54 Å². The van der Waals surface area contributed by atoms with Crippen molar-refractivity contribution in [3.8, 4) is 0 Å². The maximum atomic E-state index is 14.0. The van der Waals surface area contributed by atoms with E-state index in [4.69, 9.17) is 11.6 Å². The summed E-state index contributed by atoms with van der Waals surface area (Å²) < 4.78 is 16.0. The fourth-order valence-corrected chi connectivity index (χ4v) is 3.54. The molecule has 1 saturated heterocycles. The first-order valence-electron chi connectivity index (χ1n) is 8.50. The molecule has 4 rings (SSSR count). The van der Waals surface area contributed by atoms with Gasteiger partial charge in [-0.3, -0.25) is 9.69 Å². The Bertz CT molecular complexity index is 929. The van der Waals surface area contributed by atoms with Crippen LogP contribution in [0.15, 0.2) is 48.8 Å². The second kappa shape index (κ2) is 7.05. The number of benzene rings is 1. The number of carbonyl (C=O) groups excluding carboxylic acids is 1. The lowest BCUT2D eigenvalue weighted by Gasteiger charge is -2.34. The lowest BCUT2D eigenvalue weighted by molar-refractivity contribution is 0.0622. The Morgan fingerprint density at radius 2 is 1.92 bits per heavy atom. The van der Waals surface area contributed by atoms with E-state index in [1.807, 2.05) is 30.6 Å². The molecule has 1 fully saturated rings. The van der Waals surface area contributed by atoms with Gasteiger partial charge in [-0.25, -0.2) is 9.37 Å². The highest BCUT2D eigenvalue weighted by Gasteiger charge is 2.26. The van der Waals surface area contributed by atoms with Crippen LogP contribution in [0.3, 0.4) is 0 Å². The first kappa shape index (κ1) is 17.0. The number of carbonyl (C=O) groups is 1. The average Bonchev–Trinajstić information content (AvgIpc) is 3.05. The van der Waals surface area contributed by atoms with Crippen molar-refractivity contribution < 1.29 is 9.18 Å². The summed E-state index contributed by atoms with van der Waals surface area (Å²) in [5.41, 5.74) is 1.99. The van der Waals surface area contributed by atoms with E-state index in [-0.39, 0.29) is 16.5 Å². The summed E-state index contributed by atoms with van der Waals surface area (Å²) in [6, 6.07) is 10.2. The van der Waals surface area contributed by atoms with Gasteiger partial charge >= 0.3 is 0 Å². The Balaban J connectivity index is 1.42. The van der Waals surface area contributed by atoms with Crippen LogP contribution in [-0.4, -0.2) is 51.3 Å². The van der Waals surface area contributed by atoms with Crippen LogP contribution in [0.5, 0.6) is 0 Å². The van der Waals surface area contributed by atoms with Crippen LogP contribution < -0.4 is 0 Å². The summed E-state index contributed by atoms with van der Waals surface area (Å²) in [6.45, 7) is 3.28. The van der Waals surface area contributed by atoms with Gasteiger partial charge in [-0.1, -0.05) is 23.7 Å². The van der Waals surface area contributed by atoms with Crippen molar-refractivity contribution in [3.63, 3.8) is 0 Å². The molecule has 134 valence electrons. The van der Waals surface area contributed by atoms with E-state index >= 15 is 0 Å². The standard InChI is InChI=1S/C19H18ClFN4O/c20-15-4-3-5-16(21)18(15)19(26)24-10-8-23(9-11-24)13-14-12-22-17-6-1-2-7-25(14)17/h1-7,12H,8-11,13H2. The number of hydrogen-bond donors (Lipinski definition) is 0. The van der Waals surface area contributed by atoms with E-state index in [9.17, 15) is 9.18 Å². The number of hydrogen-bond acceptors (Lipinski definition) is 3. The minimum absolute atomic E-state index is 0.0376. The molecule has 0 spiro atoms. The summed E-state index contributed by atoms with van der Waals surface area (Å²) in [7, 11) is 0. The number of imidazole rings is 1. The smallest absolute Gasteiger partial charge is 0.258 e. The molecule has 3 aromatic rings. The molecule has 26 heavy (non-hydrogen) atoms. The van der Waals surface area contributed by atoms with Gasteiger partial charge in [-0.05, 0) is 24.3 Å². The Morgan fingerprint density at radius 3 is 2.69 bits per heavy atom. The first-order chi connectivity index (χ1) is 12.6. The molecule has 0 saturated carbocycles. The Kier molecular flexibility index (Phi) is 4.61. The van der Waals surface area contributed by atoms with Crippen molar-refractivity contribution in [2.24, 2.45) is 0 Å². The van der Waals surface area contributed by atoms with E-state index in [1.54, 1.807) is 11.0 Å². The van der Waals surface area contributed by atoms with Gasteiger partial charge in [0.05, 0.1) is 22.5 Å². The van der Waals surface area contributed by atoms with E-state index in [0.717, 1.165) is 31.0 Å². The quantitative estimate of drug-likeness (QED) is 0.709. The number of piperazine rings is 1.